The van der Waals surface area contributed by atoms with Crippen LogP contribution in [-0.2, 0) is 4.74 Å². The minimum Gasteiger partial charge on any atom is -0.379 e. The zero-order valence-electron chi connectivity index (χ0n) is 20.5. The van der Waals surface area contributed by atoms with Gasteiger partial charge in [-0.2, -0.15) is 5.10 Å². The van der Waals surface area contributed by atoms with Crippen molar-refractivity contribution in [3.8, 4) is 0 Å². The van der Waals surface area contributed by atoms with Crippen molar-refractivity contribution >= 4 is 22.6 Å². The van der Waals surface area contributed by atoms with Gasteiger partial charge in [0.2, 0.25) is 0 Å². The number of hydrogen-bond acceptors (Lipinski definition) is 4. The van der Waals surface area contributed by atoms with Crippen LogP contribution in [0.5, 0.6) is 0 Å². The quantitative estimate of drug-likeness (QED) is 0.353. The lowest BCUT2D eigenvalue weighted by Gasteiger charge is -2.31. The highest BCUT2D eigenvalue weighted by atomic mass is 16.5. The molecule has 1 aliphatic rings. The third kappa shape index (κ3) is 6.11. The summed E-state index contributed by atoms with van der Waals surface area (Å²) in [6.45, 7) is 5.45. The predicted octanol–water partition coefficient (Wildman–Crippen LogP) is 4.95. The average Bonchev–Trinajstić information content (AvgIpc) is 3.40. The van der Waals surface area contributed by atoms with Gasteiger partial charge in [-0.3, -0.25) is 10.00 Å². The number of nitrogens with zero attached hydrogens (tertiary/aromatic N) is 3. The molecule has 7 nitrogen and oxygen atoms in total. The van der Waals surface area contributed by atoms with E-state index in [0.717, 1.165) is 55.9 Å². The number of anilines is 1. The first kappa shape index (κ1) is 24.0. The van der Waals surface area contributed by atoms with E-state index in [1.807, 2.05) is 35.2 Å². The van der Waals surface area contributed by atoms with Crippen LogP contribution in [-0.4, -0.2) is 72.0 Å². The molecule has 2 N–H and O–H groups in total. The van der Waals surface area contributed by atoms with E-state index >= 15 is 0 Å². The lowest BCUT2D eigenvalue weighted by Crippen LogP contribution is -2.44. The molecule has 3 aromatic carbocycles. The summed E-state index contributed by atoms with van der Waals surface area (Å²) in [6.07, 6.45) is 2.62. The van der Waals surface area contributed by atoms with Crippen LogP contribution in [0.4, 0.5) is 10.5 Å². The third-order valence-electron chi connectivity index (χ3n) is 6.86. The van der Waals surface area contributed by atoms with Gasteiger partial charge in [0.25, 0.3) is 0 Å². The number of amides is 2. The number of nitrogens with one attached hydrogen (secondary N) is 2. The van der Waals surface area contributed by atoms with Crippen molar-refractivity contribution in [3.63, 3.8) is 0 Å². The van der Waals surface area contributed by atoms with Gasteiger partial charge in [0, 0.05) is 49.7 Å². The summed E-state index contributed by atoms with van der Waals surface area (Å²) in [5, 5.41) is 11.2. The van der Waals surface area contributed by atoms with Crippen molar-refractivity contribution in [1.82, 2.24) is 20.0 Å². The Hall–Kier alpha value is -3.68. The summed E-state index contributed by atoms with van der Waals surface area (Å²) in [6, 6.07) is 26.9. The number of H-pyrrole nitrogens is 1. The van der Waals surface area contributed by atoms with E-state index in [1.165, 1.54) is 11.1 Å². The number of aromatic amines is 1. The van der Waals surface area contributed by atoms with Gasteiger partial charge in [-0.1, -0.05) is 60.7 Å². The van der Waals surface area contributed by atoms with Crippen molar-refractivity contribution in [2.45, 2.75) is 12.3 Å². The van der Waals surface area contributed by atoms with E-state index in [0.29, 0.717) is 13.1 Å². The predicted molar refractivity (Wildman–Crippen MR) is 143 cm³/mol. The summed E-state index contributed by atoms with van der Waals surface area (Å²) >= 11 is 0. The van der Waals surface area contributed by atoms with Gasteiger partial charge >= 0.3 is 6.03 Å². The third-order valence-corrected chi connectivity index (χ3v) is 6.86. The second-order valence-electron chi connectivity index (χ2n) is 9.21. The average molecular weight is 484 g/mol. The molecule has 2 amide bonds. The summed E-state index contributed by atoms with van der Waals surface area (Å²) in [5.74, 6) is 0.215. The zero-order valence-corrected chi connectivity index (χ0v) is 20.5. The van der Waals surface area contributed by atoms with Crippen LogP contribution in [0.15, 0.2) is 85.1 Å². The van der Waals surface area contributed by atoms with Crippen molar-refractivity contribution in [1.29, 1.82) is 0 Å². The molecule has 5 rings (SSSR count). The molecule has 1 fully saturated rings. The van der Waals surface area contributed by atoms with Gasteiger partial charge in [0.1, 0.15) is 0 Å². The summed E-state index contributed by atoms with van der Waals surface area (Å²) < 4.78 is 5.50. The number of urea groups is 1. The Labute approximate surface area is 212 Å². The Kier molecular flexibility index (Phi) is 7.90. The van der Waals surface area contributed by atoms with E-state index in [1.54, 1.807) is 6.20 Å². The maximum atomic E-state index is 13.5. The molecule has 4 aromatic rings. The minimum atomic E-state index is -0.0815. The number of morpholine rings is 1. The first-order valence-electron chi connectivity index (χ1n) is 12.7. The number of benzene rings is 3. The number of carbonyl (C=O) groups is 1. The zero-order chi connectivity index (χ0) is 24.6. The Balaban J connectivity index is 1.32. The lowest BCUT2D eigenvalue weighted by molar-refractivity contribution is 0.0351. The fraction of sp³-hybridized carbons (Fsp3) is 0.310. The van der Waals surface area contributed by atoms with Gasteiger partial charge < -0.3 is 15.0 Å². The monoisotopic (exact) mass is 483 g/mol. The Morgan fingerprint density at radius 2 is 1.67 bits per heavy atom. The van der Waals surface area contributed by atoms with E-state index in [9.17, 15) is 4.79 Å². The molecule has 0 spiro atoms. The molecule has 1 saturated heterocycles. The SMILES string of the molecule is O=C(Nc1ccc2cn[nH]c2c1)N(CCC(c1ccccc1)c1ccccc1)CCN1CCOCC1. The standard InChI is InChI=1S/C29H33N5O2/c35-29(31-26-12-11-25-22-30-32-28(25)21-26)34(16-15-33-17-19-36-20-18-33)14-13-27(23-7-3-1-4-8-23)24-9-5-2-6-10-24/h1-12,21-22,27H,13-20H2,(H,30,32)(H,31,35). The second kappa shape index (κ2) is 11.8. The number of carbonyl (C=O) groups excluding carboxylic acids is 1. The van der Waals surface area contributed by atoms with Gasteiger partial charge in [-0.05, 0) is 35.7 Å². The molecule has 0 unspecified atom stereocenters. The molecular weight excluding hydrogens is 450 g/mol. The van der Waals surface area contributed by atoms with Crippen LogP contribution < -0.4 is 5.32 Å². The fourth-order valence-corrected chi connectivity index (χ4v) is 4.80. The maximum absolute atomic E-state index is 13.5. The van der Waals surface area contributed by atoms with Gasteiger partial charge in [-0.15, -0.1) is 0 Å². The van der Waals surface area contributed by atoms with E-state index in [2.05, 4.69) is 68.9 Å². The molecule has 7 heteroatoms. The molecule has 0 aliphatic carbocycles. The highest BCUT2D eigenvalue weighted by Gasteiger charge is 2.21. The number of hydrogen-bond donors (Lipinski definition) is 2. The molecule has 186 valence electrons. The van der Waals surface area contributed by atoms with Crippen molar-refractivity contribution in [2.24, 2.45) is 0 Å². The van der Waals surface area contributed by atoms with E-state index in [4.69, 9.17) is 4.74 Å². The van der Waals surface area contributed by atoms with Crippen LogP contribution in [0, 0.1) is 0 Å². The van der Waals surface area contributed by atoms with Gasteiger partial charge in [0.05, 0.1) is 24.9 Å². The molecule has 36 heavy (non-hydrogen) atoms. The van der Waals surface area contributed by atoms with Gasteiger partial charge in [0.15, 0.2) is 0 Å². The first-order chi connectivity index (χ1) is 17.8. The van der Waals surface area contributed by atoms with Gasteiger partial charge in [-0.25, -0.2) is 4.79 Å². The number of rotatable bonds is 9. The molecule has 0 radical (unpaired) electrons. The van der Waals surface area contributed by atoms with Crippen LogP contribution in [0.25, 0.3) is 10.9 Å². The van der Waals surface area contributed by atoms with Crippen LogP contribution in [0.1, 0.15) is 23.5 Å². The van der Waals surface area contributed by atoms with Crippen LogP contribution >= 0.6 is 0 Å². The van der Waals surface area contributed by atoms with Crippen molar-refractivity contribution < 1.29 is 9.53 Å². The van der Waals surface area contributed by atoms with E-state index in [-0.39, 0.29) is 11.9 Å². The number of fused-ring (bicyclic) bond motifs is 1. The van der Waals surface area contributed by atoms with Crippen molar-refractivity contribution in [3.05, 3.63) is 96.2 Å². The lowest BCUT2D eigenvalue weighted by atomic mass is 9.88. The number of ether oxygens (including phenoxy) is 1. The smallest absolute Gasteiger partial charge is 0.321 e. The highest BCUT2D eigenvalue weighted by Crippen LogP contribution is 2.28. The van der Waals surface area contributed by atoms with Crippen LogP contribution in [0.3, 0.4) is 0 Å². The highest BCUT2D eigenvalue weighted by molar-refractivity contribution is 5.92. The molecule has 2 heterocycles. The molecule has 0 bridgehead atoms. The molecule has 0 atom stereocenters. The minimum absolute atomic E-state index is 0.0815. The Bertz CT molecular complexity index is 1200. The fourth-order valence-electron chi connectivity index (χ4n) is 4.80. The van der Waals surface area contributed by atoms with Crippen molar-refractivity contribution in [2.75, 3.05) is 51.3 Å². The maximum Gasteiger partial charge on any atom is 0.321 e. The summed E-state index contributed by atoms with van der Waals surface area (Å²) in [4.78, 5) is 17.8. The normalized spacial score (nSPS) is 14.2. The summed E-state index contributed by atoms with van der Waals surface area (Å²) in [5.41, 5.74) is 4.19. The Morgan fingerprint density at radius 3 is 2.36 bits per heavy atom. The molecule has 1 aliphatic heterocycles. The first-order valence-corrected chi connectivity index (χ1v) is 12.7. The Morgan fingerprint density at radius 1 is 0.972 bits per heavy atom. The second-order valence-corrected chi connectivity index (χ2v) is 9.21. The largest absolute Gasteiger partial charge is 0.379 e. The topological polar surface area (TPSA) is 73.5 Å². The molecule has 1 aromatic heterocycles. The molecular formula is C29H33N5O2. The van der Waals surface area contributed by atoms with Crippen LogP contribution in [0.2, 0.25) is 0 Å². The molecule has 0 saturated carbocycles. The van der Waals surface area contributed by atoms with E-state index < -0.39 is 0 Å². The number of aromatic nitrogens is 2. The summed E-state index contributed by atoms with van der Waals surface area (Å²) in [7, 11) is 0.